The minimum atomic E-state index is -3.57. The standard InChI is InChI=1S/C3H5ClN2O2S/c4-9(7,8)6-3-1-2-5-6/h1-2,5H,3H2. The molecule has 1 aliphatic heterocycles. The molecule has 0 aromatic carbocycles. The third-order valence-corrected chi connectivity index (χ3v) is 2.15. The average molecular weight is 169 g/mol. The highest BCUT2D eigenvalue weighted by atomic mass is 35.7. The molecule has 1 N–H and O–H groups in total. The van der Waals surface area contributed by atoms with Crippen LogP contribution in [0.4, 0.5) is 0 Å². The third-order valence-electron chi connectivity index (χ3n) is 0.871. The fraction of sp³-hybridized carbons (Fsp3) is 0.333. The number of nitrogens with one attached hydrogen (secondary N) is 1. The maximum Gasteiger partial charge on any atom is 0.316 e. The van der Waals surface area contributed by atoms with E-state index in [1.807, 2.05) is 0 Å². The molecule has 0 atom stereocenters. The van der Waals surface area contributed by atoms with Gasteiger partial charge < -0.3 is 5.43 Å². The lowest BCUT2D eigenvalue weighted by Gasteiger charge is -2.08. The van der Waals surface area contributed by atoms with Crippen LogP contribution in [0.25, 0.3) is 0 Å². The molecular formula is C3H5ClN2O2S. The first-order valence-electron chi connectivity index (χ1n) is 2.24. The van der Waals surface area contributed by atoms with Gasteiger partial charge in [-0.15, -0.1) is 0 Å². The highest BCUT2D eigenvalue weighted by Crippen LogP contribution is 2.05. The minimum Gasteiger partial charge on any atom is -0.312 e. The molecule has 0 aromatic heterocycles. The van der Waals surface area contributed by atoms with Crippen LogP contribution in [-0.4, -0.2) is 19.4 Å². The smallest absolute Gasteiger partial charge is 0.312 e. The Kier molecular flexibility index (Phi) is 1.65. The molecule has 1 rings (SSSR count). The molecule has 0 amide bonds. The van der Waals surface area contributed by atoms with E-state index < -0.39 is 9.24 Å². The molecule has 4 nitrogen and oxygen atoms in total. The monoisotopic (exact) mass is 168 g/mol. The third kappa shape index (κ3) is 1.57. The van der Waals surface area contributed by atoms with Crippen LogP contribution in [0.1, 0.15) is 0 Å². The topological polar surface area (TPSA) is 49.4 Å². The fourth-order valence-electron chi connectivity index (χ4n) is 0.489. The SMILES string of the molecule is O=S(=O)(Cl)N1CC=CN1. The zero-order valence-corrected chi connectivity index (χ0v) is 5.98. The summed E-state index contributed by atoms with van der Waals surface area (Å²) in [5, 5.41) is 0. The molecule has 0 unspecified atom stereocenters. The predicted molar refractivity (Wildman–Crippen MR) is 33.8 cm³/mol. The summed E-state index contributed by atoms with van der Waals surface area (Å²) in [6.07, 6.45) is 3.17. The molecule has 0 fully saturated rings. The zero-order valence-electron chi connectivity index (χ0n) is 4.41. The maximum absolute atomic E-state index is 10.4. The number of nitrogens with zero attached hydrogens (tertiary/aromatic N) is 1. The van der Waals surface area contributed by atoms with Crippen molar-refractivity contribution in [2.75, 3.05) is 6.54 Å². The normalized spacial score (nSPS) is 20.1. The van der Waals surface area contributed by atoms with Crippen molar-refractivity contribution in [3.8, 4) is 0 Å². The molecule has 1 aliphatic rings. The first-order chi connectivity index (χ1) is 4.11. The molecule has 0 aromatic rings. The summed E-state index contributed by atoms with van der Waals surface area (Å²) in [5.74, 6) is 0. The number of hydrogen-bond acceptors (Lipinski definition) is 3. The second-order valence-corrected chi connectivity index (χ2v) is 3.94. The van der Waals surface area contributed by atoms with E-state index in [2.05, 4.69) is 5.43 Å². The van der Waals surface area contributed by atoms with Gasteiger partial charge in [0, 0.05) is 16.9 Å². The summed E-state index contributed by atoms with van der Waals surface area (Å²) < 4.78 is 21.8. The molecule has 52 valence electrons. The van der Waals surface area contributed by atoms with E-state index in [9.17, 15) is 8.42 Å². The summed E-state index contributed by atoms with van der Waals surface area (Å²) in [7, 11) is 1.36. The minimum absolute atomic E-state index is 0.297. The first-order valence-corrected chi connectivity index (χ1v) is 4.51. The van der Waals surface area contributed by atoms with Crippen LogP contribution in [0.15, 0.2) is 12.3 Å². The molecule has 0 saturated heterocycles. The van der Waals surface area contributed by atoms with E-state index in [1.165, 1.54) is 6.20 Å². The van der Waals surface area contributed by atoms with Crippen molar-refractivity contribution >= 4 is 19.9 Å². The Morgan fingerprint density at radius 3 is 2.56 bits per heavy atom. The first kappa shape index (κ1) is 6.85. The van der Waals surface area contributed by atoms with Gasteiger partial charge in [0.2, 0.25) is 0 Å². The Hall–Kier alpha value is -0.260. The fourth-order valence-corrected chi connectivity index (χ4v) is 1.23. The number of rotatable bonds is 1. The second-order valence-electron chi connectivity index (χ2n) is 1.50. The van der Waals surface area contributed by atoms with E-state index in [4.69, 9.17) is 10.7 Å². The lowest BCUT2D eigenvalue weighted by molar-refractivity contribution is 0.425. The van der Waals surface area contributed by atoms with Crippen LogP contribution in [0.3, 0.4) is 0 Å². The van der Waals surface area contributed by atoms with Gasteiger partial charge in [-0.3, -0.25) is 0 Å². The van der Waals surface area contributed by atoms with Crippen molar-refractivity contribution in [2.24, 2.45) is 0 Å². The molecule has 9 heavy (non-hydrogen) atoms. The second kappa shape index (κ2) is 2.17. The molecular weight excluding hydrogens is 164 g/mol. The quantitative estimate of drug-likeness (QED) is 0.552. The van der Waals surface area contributed by atoms with Crippen molar-refractivity contribution in [3.05, 3.63) is 12.3 Å². The number of halogens is 1. The zero-order chi connectivity index (χ0) is 6.91. The largest absolute Gasteiger partial charge is 0.316 e. The summed E-state index contributed by atoms with van der Waals surface area (Å²) in [5.41, 5.74) is 2.43. The highest BCUT2D eigenvalue weighted by Gasteiger charge is 2.18. The van der Waals surface area contributed by atoms with Crippen LogP contribution in [0, 0.1) is 0 Å². The van der Waals surface area contributed by atoms with Crippen molar-refractivity contribution < 1.29 is 8.42 Å². The van der Waals surface area contributed by atoms with E-state index in [-0.39, 0.29) is 0 Å². The van der Waals surface area contributed by atoms with Crippen molar-refractivity contribution in [2.45, 2.75) is 0 Å². The molecule has 0 bridgehead atoms. The van der Waals surface area contributed by atoms with Crippen LogP contribution in [0.5, 0.6) is 0 Å². The summed E-state index contributed by atoms with van der Waals surface area (Å²) in [4.78, 5) is 0. The van der Waals surface area contributed by atoms with Gasteiger partial charge in [0.05, 0.1) is 6.54 Å². The van der Waals surface area contributed by atoms with Crippen molar-refractivity contribution in [1.82, 2.24) is 9.84 Å². The van der Waals surface area contributed by atoms with Gasteiger partial charge >= 0.3 is 9.24 Å². The van der Waals surface area contributed by atoms with Crippen molar-refractivity contribution in [1.29, 1.82) is 0 Å². The average Bonchev–Trinajstić information content (AvgIpc) is 2.08. The maximum atomic E-state index is 10.4. The summed E-state index contributed by atoms with van der Waals surface area (Å²) in [6.45, 7) is 0.297. The van der Waals surface area contributed by atoms with Gasteiger partial charge in [-0.2, -0.15) is 8.42 Å². The van der Waals surface area contributed by atoms with Gasteiger partial charge in [-0.05, 0) is 0 Å². The summed E-state index contributed by atoms with van der Waals surface area (Å²) >= 11 is 0. The van der Waals surface area contributed by atoms with Gasteiger partial charge in [0.25, 0.3) is 0 Å². The Morgan fingerprint density at radius 2 is 2.33 bits per heavy atom. The van der Waals surface area contributed by atoms with E-state index >= 15 is 0 Å². The Balaban J connectivity index is 2.68. The van der Waals surface area contributed by atoms with Gasteiger partial charge in [0.1, 0.15) is 0 Å². The number of hydrazine groups is 1. The summed E-state index contributed by atoms with van der Waals surface area (Å²) in [6, 6.07) is 0. The Morgan fingerprint density at radius 1 is 1.67 bits per heavy atom. The van der Waals surface area contributed by atoms with E-state index in [1.54, 1.807) is 6.08 Å². The van der Waals surface area contributed by atoms with Crippen LogP contribution >= 0.6 is 10.7 Å². The van der Waals surface area contributed by atoms with Gasteiger partial charge in [-0.25, -0.2) is 0 Å². The lowest BCUT2D eigenvalue weighted by Crippen LogP contribution is -2.32. The molecule has 0 saturated carbocycles. The Labute approximate surface area is 57.6 Å². The molecule has 1 heterocycles. The van der Waals surface area contributed by atoms with Crippen molar-refractivity contribution in [3.63, 3.8) is 0 Å². The predicted octanol–water partition coefficient (Wildman–Crippen LogP) is -0.196. The molecule has 0 aliphatic carbocycles. The van der Waals surface area contributed by atoms with Crippen LogP contribution in [-0.2, 0) is 9.24 Å². The van der Waals surface area contributed by atoms with Gasteiger partial charge in [-0.1, -0.05) is 10.5 Å². The molecule has 6 heteroatoms. The van der Waals surface area contributed by atoms with Crippen LogP contribution in [0.2, 0.25) is 0 Å². The molecule has 0 radical (unpaired) electrons. The van der Waals surface area contributed by atoms with E-state index in [0.717, 1.165) is 4.41 Å². The van der Waals surface area contributed by atoms with E-state index in [0.29, 0.717) is 6.54 Å². The van der Waals surface area contributed by atoms with Gasteiger partial charge in [0.15, 0.2) is 0 Å². The lowest BCUT2D eigenvalue weighted by atomic mass is 10.7. The molecule has 0 spiro atoms. The number of hydrogen-bond donors (Lipinski definition) is 1. The highest BCUT2D eigenvalue weighted by molar-refractivity contribution is 8.11. The Bertz CT molecular complexity index is 214. The van der Waals surface area contributed by atoms with Crippen LogP contribution < -0.4 is 5.43 Å².